The van der Waals surface area contributed by atoms with Crippen LogP contribution in [0.3, 0.4) is 0 Å². The van der Waals surface area contributed by atoms with E-state index in [0.717, 1.165) is 40.6 Å². The van der Waals surface area contributed by atoms with Crippen molar-refractivity contribution in [2.45, 2.75) is 81.7 Å². The van der Waals surface area contributed by atoms with Crippen LogP contribution in [0, 0.1) is 23.7 Å². The van der Waals surface area contributed by atoms with Gasteiger partial charge in [-0.3, -0.25) is 0 Å². The van der Waals surface area contributed by atoms with Gasteiger partial charge in [0.25, 0.3) is 0 Å². The van der Waals surface area contributed by atoms with E-state index in [9.17, 15) is 0 Å². The molecule has 7 atom stereocenters. The standard InChI is InChI=1S/C39H44P2/c1-27(40(38-25-28-19-21-30(38)23-28)39-26-29-20-22-31(39)24-29)34-16-10-17-35(34)36-15-8-9-18-37(36)41(32-11-4-2-5-12-32)33-13-6-3-7-14-33/h2-15,17-18,27-31,38-39H,16,19-26H2,1H3/t27-,28?,29?,30?,31?,38?,39?,40?/m0/s1. The van der Waals surface area contributed by atoms with Crippen molar-refractivity contribution in [3.05, 3.63) is 108 Å². The third kappa shape index (κ3) is 4.83. The van der Waals surface area contributed by atoms with Crippen LogP contribution < -0.4 is 15.9 Å². The molecule has 0 aliphatic heterocycles. The molecule has 6 unspecified atom stereocenters. The van der Waals surface area contributed by atoms with Crippen molar-refractivity contribution in [2.75, 3.05) is 0 Å². The van der Waals surface area contributed by atoms with Crippen LogP contribution in [0.2, 0.25) is 0 Å². The van der Waals surface area contributed by atoms with Gasteiger partial charge in [0.2, 0.25) is 0 Å². The van der Waals surface area contributed by atoms with Crippen molar-refractivity contribution in [1.82, 2.24) is 0 Å². The number of benzene rings is 3. The number of hydrogen-bond acceptors (Lipinski definition) is 0. The fraction of sp³-hybridized carbons (Fsp3) is 0.436. The third-order valence-electron chi connectivity index (χ3n) is 11.6. The van der Waals surface area contributed by atoms with E-state index in [1.54, 1.807) is 36.8 Å². The molecule has 0 spiro atoms. The van der Waals surface area contributed by atoms with Crippen molar-refractivity contribution in [3.63, 3.8) is 0 Å². The third-order valence-corrected chi connectivity index (χ3v) is 18.1. The summed E-state index contributed by atoms with van der Waals surface area (Å²) in [5.41, 5.74) is 7.68. The summed E-state index contributed by atoms with van der Waals surface area (Å²) in [4.78, 5) is 0. The van der Waals surface area contributed by atoms with E-state index in [2.05, 4.69) is 104 Å². The van der Waals surface area contributed by atoms with Crippen molar-refractivity contribution in [3.8, 4) is 0 Å². The van der Waals surface area contributed by atoms with Gasteiger partial charge in [0.15, 0.2) is 0 Å². The van der Waals surface area contributed by atoms with Crippen LogP contribution in [0.1, 0.15) is 70.3 Å². The predicted molar refractivity (Wildman–Crippen MR) is 181 cm³/mol. The van der Waals surface area contributed by atoms with Gasteiger partial charge in [0.1, 0.15) is 0 Å². The lowest BCUT2D eigenvalue weighted by Crippen LogP contribution is -2.30. The lowest BCUT2D eigenvalue weighted by atomic mass is 9.99. The number of rotatable bonds is 8. The molecular formula is C39H44P2. The van der Waals surface area contributed by atoms with Crippen LogP contribution in [0.25, 0.3) is 5.57 Å². The smallest absolute Gasteiger partial charge is 0.00103 e. The van der Waals surface area contributed by atoms with E-state index in [1.807, 2.05) is 0 Å². The average Bonchev–Trinajstić information content (AvgIpc) is 3.86. The highest BCUT2D eigenvalue weighted by Crippen LogP contribution is 2.70. The van der Waals surface area contributed by atoms with Gasteiger partial charge in [-0.1, -0.05) is 130 Å². The average molecular weight is 575 g/mol. The number of hydrogen-bond donors (Lipinski definition) is 0. The number of fused-ring (bicyclic) bond motifs is 4. The van der Waals surface area contributed by atoms with Gasteiger partial charge in [0, 0.05) is 0 Å². The molecular weight excluding hydrogens is 530 g/mol. The first kappa shape index (κ1) is 26.6. The van der Waals surface area contributed by atoms with Crippen molar-refractivity contribution >= 4 is 37.3 Å². The quantitative estimate of drug-likeness (QED) is 0.235. The largest absolute Gasteiger partial charge is 0.0926 e. The zero-order chi connectivity index (χ0) is 27.3. The van der Waals surface area contributed by atoms with Gasteiger partial charge in [-0.25, -0.2) is 0 Å². The fourth-order valence-corrected chi connectivity index (χ4v) is 17.1. The SMILES string of the molecule is C[C@@H](C1=C(c2ccccc2P(c2ccccc2)c2ccccc2)C=CC1)P(C1CC2CCC1C2)C1CC2CCC1C2. The van der Waals surface area contributed by atoms with E-state index in [4.69, 9.17) is 0 Å². The van der Waals surface area contributed by atoms with E-state index in [0.29, 0.717) is 0 Å². The van der Waals surface area contributed by atoms with E-state index < -0.39 is 7.92 Å². The number of allylic oxidation sites excluding steroid dienone is 4. The topological polar surface area (TPSA) is 0 Å². The van der Waals surface area contributed by atoms with Gasteiger partial charge in [-0.15, -0.1) is 0 Å². The summed E-state index contributed by atoms with van der Waals surface area (Å²) in [7, 11) is -0.611. The van der Waals surface area contributed by atoms with Crippen molar-refractivity contribution in [2.24, 2.45) is 23.7 Å². The Balaban J connectivity index is 1.22. The molecule has 0 amide bonds. The van der Waals surface area contributed by atoms with Crippen LogP contribution >= 0.6 is 15.8 Å². The van der Waals surface area contributed by atoms with Crippen LogP contribution in [-0.4, -0.2) is 17.0 Å². The summed E-state index contributed by atoms with van der Waals surface area (Å²) in [6.45, 7) is 2.70. The molecule has 0 heterocycles. The normalized spacial score (nSPS) is 31.5. The molecule has 4 bridgehead atoms. The Morgan fingerprint density at radius 2 is 1.20 bits per heavy atom. The first-order valence-corrected chi connectivity index (χ1v) is 19.3. The highest BCUT2D eigenvalue weighted by Gasteiger charge is 2.52. The molecule has 4 saturated carbocycles. The minimum atomic E-state index is -0.625. The summed E-state index contributed by atoms with van der Waals surface area (Å²) in [6.07, 6.45) is 18.6. The summed E-state index contributed by atoms with van der Waals surface area (Å²) in [6, 6.07) is 32.0. The molecule has 3 aromatic carbocycles. The fourth-order valence-electron chi connectivity index (χ4n) is 9.81. The van der Waals surface area contributed by atoms with E-state index in [-0.39, 0.29) is 7.92 Å². The molecule has 4 fully saturated rings. The first-order chi connectivity index (χ1) is 20.2. The Morgan fingerprint density at radius 3 is 1.73 bits per heavy atom. The zero-order valence-corrected chi connectivity index (χ0v) is 26.3. The summed E-state index contributed by atoms with van der Waals surface area (Å²) in [5, 5.41) is 4.42. The second kappa shape index (κ2) is 11.3. The second-order valence-corrected chi connectivity index (χ2v) is 18.9. The highest BCUT2D eigenvalue weighted by molar-refractivity contribution is 7.80. The molecule has 0 radical (unpaired) electrons. The van der Waals surface area contributed by atoms with Gasteiger partial charge < -0.3 is 0 Å². The van der Waals surface area contributed by atoms with Crippen LogP contribution in [0.5, 0.6) is 0 Å². The van der Waals surface area contributed by atoms with E-state index >= 15 is 0 Å². The molecule has 5 aliphatic carbocycles. The summed E-state index contributed by atoms with van der Waals surface area (Å²) < 4.78 is 0. The Morgan fingerprint density at radius 1 is 0.634 bits per heavy atom. The van der Waals surface area contributed by atoms with Crippen molar-refractivity contribution < 1.29 is 0 Å². The summed E-state index contributed by atoms with van der Waals surface area (Å²) >= 11 is 0. The second-order valence-electron chi connectivity index (χ2n) is 13.7. The van der Waals surface area contributed by atoms with Crippen LogP contribution in [0.4, 0.5) is 0 Å². The highest BCUT2D eigenvalue weighted by atomic mass is 31.1. The first-order valence-electron chi connectivity index (χ1n) is 16.4. The maximum absolute atomic E-state index is 2.70. The van der Waals surface area contributed by atoms with Gasteiger partial charge in [-0.2, -0.15) is 0 Å². The molecule has 41 heavy (non-hydrogen) atoms. The molecule has 5 aliphatic rings. The maximum Gasteiger partial charge on any atom is -0.00103 e. The molecule has 8 rings (SSSR count). The minimum Gasteiger partial charge on any atom is -0.0926 e. The Bertz CT molecular complexity index is 1370. The summed E-state index contributed by atoms with van der Waals surface area (Å²) in [5.74, 6) is 4.19. The molecule has 0 nitrogen and oxygen atoms in total. The molecule has 0 N–H and O–H groups in total. The zero-order valence-electron chi connectivity index (χ0n) is 24.5. The van der Waals surface area contributed by atoms with Crippen LogP contribution in [0.15, 0.2) is 103 Å². The predicted octanol–water partition coefficient (Wildman–Crippen LogP) is 9.41. The van der Waals surface area contributed by atoms with Crippen molar-refractivity contribution in [1.29, 1.82) is 0 Å². The van der Waals surface area contributed by atoms with E-state index in [1.165, 1.54) is 53.6 Å². The molecule has 3 aromatic rings. The molecule has 210 valence electrons. The van der Waals surface area contributed by atoms with Gasteiger partial charge >= 0.3 is 0 Å². The lowest BCUT2D eigenvalue weighted by molar-refractivity contribution is 0.459. The minimum absolute atomic E-state index is 0.0132. The van der Waals surface area contributed by atoms with Crippen LogP contribution in [-0.2, 0) is 0 Å². The monoisotopic (exact) mass is 574 g/mol. The maximum atomic E-state index is 2.70. The lowest BCUT2D eigenvalue weighted by Gasteiger charge is -2.43. The molecule has 0 aromatic heterocycles. The molecule has 0 saturated heterocycles. The van der Waals surface area contributed by atoms with Gasteiger partial charge in [-0.05, 0) is 121 Å². The molecule has 2 heteroatoms. The Labute approximate surface area is 250 Å². The Kier molecular flexibility index (Phi) is 7.30. The Hall–Kier alpha value is -2.00. The van der Waals surface area contributed by atoms with Gasteiger partial charge in [0.05, 0.1) is 0 Å².